The smallest absolute Gasteiger partial charge is 0.323 e. The second-order valence-electron chi connectivity index (χ2n) is 6.22. The van der Waals surface area contributed by atoms with Crippen LogP contribution in [-0.4, -0.2) is 25.6 Å². The van der Waals surface area contributed by atoms with Crippen LogP contribution in [0.4, 0.5) is 24.5 Å². The van der Waals surface area contributed by atoms with Gasteiger partial charge in [-0.2, -0.15) is 18.3 Å². The number of carbonyl (C=O) groups is 1. The fraction of sp³-hybridized carbons (Fsp3) is 0.235. The van der Waals surface area contributed by atoms with Gasteiger partial charge in [-0.1, -0.05) is 11.6 Å². The molecule has 0 atom stereocenters. The van der Waals surface area contributed by atoms with E-state index < -0.39 is 29.1 Å². The predicted octanol–water partition coefficient (Wildman–Crippen LogP) is 4.27. The van der Waals surface area contributed by atoms with E-state index in [2.05, 4.69) is 15.4 Å². The maximum atomic E-state index is 13.4. The van der Waals surface area contributed by atoms with E-state index in [1.807, 2.05) is 0 Å². The lowest BCUT2D eigenvalue weighted by atomic mass is 10.1. The van der Waals surface area contributed by atoms with Gasteiger partial charge in [0.25, 0.3) is 5.69 Å². The molecule has 8 nitrogen and oxygen atoms in total. The first-order valence-electron chi connectivity index (χ1n) is 8.13. The Bertz CT molecular complexity index is 1140. The lowest BCUT2D eigenvalue weighted by Crippen LogP contribution is -2.20. The second kappa shape index (κ2) is 7.32. The number of anilines is 1. The van der Waals surface area contributed by atoms with Crippen molar-refractivity contribution < 1.29 is 22.9 Å². The Morgan fingerprint density at radius 3 is 2.59 bits per heavy atom. The number of non-ortho nitro benzene ring substituents is 1. The summed E-state index contributed by atoms with van der Waals surface area (Å²) in [5.41, 5.74) is -0.857. The Morgan fingerprint density at radius 1 is 1.31 bits per heavy atom. The molecule has 2 heterocycles. The Balaban J connectivity index is 1.92. The highest BCUT2D eigenvalue weighted by Gasteiger charge is 2.35. The van der Waals surface area contributed by atoms with E-state index in [0.29, 0.717) is 0 Å². The molecule has 0 aliphatic carbocycles. The van der Waals surface area contributed by atoms with Crippen molar-refractivity contribution in [3.63, 3.8) is 0 Å². The van der Waals surface area contributed by atoms with Crippen LogP contribution in [0.5, 0.6) is 0 Å². The van der Waals surface area contributed by atoms with Crippen LogP contribution in [0, 0.1) is 24.0 Å². The molecular weight excluding hydrogens is 415 g/mol. The van der Waals surface area contributed by atoms with Gasteiger partial charge in [0.1, 0.15) is 6.54 Å². The molecule has 0 unspecified atom stereocenters. The number of fused-ring (bicyclic) bond motifs is 1. The lowest BCUT2D eigenvalue weighted by molar-refractivity contribution is -0.384. The van der Waals surface area contributed by atoms with Crippen LogP contribution >= 0.6 is 11.6 Å². The number of nitro benzene ring substituents is 1. The molecule has 12 heteroatoms. The van der Waals surface area contributed by atoms with E-state index in [9.17, 15) is 28.1 Å². The summed E-state index contributed by atoms with van der Waals surface area (Å²) in [6, 6.07) is 4.42. The molecule has 2 aromatic heterocycles. The molecule has 152 valence electrons. The molecular formula is C17H13ClF3N5O3. The molecule has 0 aliphatic rings. The number of nitrogens with zero attached hydrogens (tertiary/aromatic N) is 4. The van der Waals surface area contributed by atoms with Crippen LogP contribution in [-0.2, 0) is 17.5 Å². The molecule has 1 N–H and O–H groups in total. The van der Waals surface area contributed by atoms with Gasteiger partial charge in [-0.25, -0.2) is 9.67 Å². The van der Waals surface area contributed by atoms with Crippen molar-refractivity contribution in [2.24, 2.45) is 0 Å². The van der Waals surface area contributed by atoms with Crippen molar-refractivity contribution in [2.75, 3.05) is 5.32 Å². The first-order valence-corrected chi connectivity index (χ1v) is 8.51. The molecule has 0 bridgehead atoms. The summed E-state index contributed by atoms with van der Waals surface area (Å²) in [6.45, 7) is 2.39. The summed E-state index contributed by atoms with van der Waals surface area (Å²) in [4.78, 5) is 26.6. The van der Waals surface area contributed by atoms with E-state index in [1.54, 1.807) is 0 Å². The number of rotatable bonds is 4. The molecule has 0 saturated carbocycles. The first-order chi connectivity index (χ1) is 13.5. The number of hydrogen-bond acceptors (Lipinski definition) is 5. The van der Waals surface area contributed by atoms with Crippen LogP contribution in [0.1, 0.15) is 17.0 Å². The molecule has 0 fully saturated rings. The second-order valence-corrected chi connectivity index (χ2v) is 6.63. The third-order valence-corrected chi connectivity index (χ3v) is 4.35. The lowest BCUT2D eigenvalue weighted by Gasteiger charge is -2.10. The SMILES string of the molecule is Cc1cc(C(F)(F)F)c2c(C)nn(CC(=O)Nc3ccc([N+](=O)[O-])cc3Cl)c2n1. The monoisotopic (exact) mass is 427 g/mol. The molecule has 3 rings (SSSR count). The maximum Gasteiger partial charge on any atom is 0.417 e. The van der Waals surface area contributed by atoms with Gasteiger partial charge in [-0.05, 0) is 26.0 Å². The van der Waals surface area contributed by atoms with Crippen molar-refractivity contribution in [2.45, 2.75) is 26.6 Å². The van der Waals surface area contributed by atoms with Gasteiger partial charge < -0.3 is 5.32 Å². The zero-order chi connectivity index (χ0) is 21.5. The average molecular weight is 428 g/mol. The van der Waals surface area contributed by atoms with E-state index in [4.69, 9.17) is 11.6 Å². The molecule has 0 spiro atoms. The Labute approximate surface area is 166 Å². The van der Waals surface area contributed by atoms with Crippen molar-refractivity contribution in [1.29, 1.82) is 0 Å². The third-order valence-electron chi connectivity index (χ3n) is 4.04. The minimum atomic E-state index is -4.60. The summed E-state index contributed by atoms with van der Waals surface area (Å²) in [5.74, 6) is -0.637. The van der Waals surface area contributed by atoms with Gasteiger partial charge in [0.05, 0.1) is 32.3 Å². The highest BCUT2D eigenvalue weighted by atomic mass is 35.5. The summed E-state index contributed by atoms with van der Waals surface area (Å²) in [6.07, 6.45) is -4.60. The van der Waals surface area contributed by atoms with Crippen molar-refractivity contribution in [1.82, 2.24) is 14.8 Å². The largest absolute Gasteiger partial charge is 0.417 e. The van der Waals surface area contributed by atoms with Crippen molar-refractivity contribution >= 4 is 39.9 Å². The van der Waals surface area contributed by atoms with Gasteiger partial charge in [0.2, 0.25) is 5.91 Å². The van der Waals surface area contributed by atoms with E-state index in [-0.39, 0.29) is 38.8 Å². The highest BCUT2D eigenvalue weighted by Crippen LogP contribution is 2.36. The van der Waals surface area contributed by atoms with Gasteiger partial charge in [-0.3, -0.25) is 14.9 Å². The van der Waals surface area contributed by atoms with Crippen LogP contribution in [0.15, 0.2) is 24.3 Å². The standard InChI is InChI=1S/C17H13ClF3N5O3/c1-8-5-11(17(19,20)21)15-9(2)24-25(16(15)22-8)7-14(27)23-13-4-3-10(26(28)29)6-12(13)18/h3-6H,7H2,1-2H3,(H,23,27). The average Bonchev–Trinajstić information content (AvgIpc) is 2.90. The zero-order valence-corrected chi connectivity index (χ0v) is 15.8. The summed E-state index contributed by atoms with van der Waals surface area (Å²) in [5, 5.41) is 17.0. The fourth-order valence-corrected chi connectivity index (χ4v) is 3.08. The number of aromatic nitrogens is 3. The van der Waals surface area contributed by atoms with E-state index >= 15 is 0 Å². The van der Waals surface area contributed by atoms with Crippen LogP contribution in [0.25, 0.3) is 11.0 Å². The van der Waals surface area contributed by atoms with Gasteiger partial charge in [-0.15, -0.1) is 0 Å². The third kappa shape index (κ3) is 4.14. The molecule has 0 aliphatic heterocycles. The number of nitrogens with one attached hydrogen (secondary N) is 1. The normalized spacial score (nSPS) is 11.7. The molecule has 1 amide bonds. The minimum Gasteiger partial charge on any atom is -0.323 e. The number of pyridine rings is 1. The zero-order valence-electron chi connectivity index (χ0n) is 15.0. The quantitative estimate of drug-likeness (QED) is 0.494. The molecule has 1 aromatic carbocycles. The van der Waals surface area contributed by atoms with Gasteiger partial charge in [0, 0.05) is 17.8 Å². The Kier molecular flexibility index (Phi) is 5.18. The Hall–Kier alpha value is -3.21. The van der Waals surface area contributed by atoms with Crippen molar-refractivity contribution in [3.8, 4) is 0 Å². The number of amides is 1. The summed E-state index contributed by atoms with van der Waals surface area (Å²) in [7, 11) is 0. The van der Waals surface area contributed by atoms with Crippen LogP contribution in [0.2, 0.25) is 5.02 Å². The fourth-order valence-electron chi connectivity index (χ4n) is 2.86. The van der Waals surface area contributed by atoms with Crippen LogP contribution < -0.4 is 5.32 Å². The van der Waals surface area contributed by atoms with E-state index in [0.717, 1.165) is 22.9 Å². The maximum absolute atomic E-state index is 13.4. The molecule has 0 saturated heterocycles. The number of hydrogen-bond donors (Lipinski definition) is 1. The first kappa shape index (κ1) is 20.5. The number of halogens is 4. The summed E-state index contributed by atoms with van der Waals surface area (Å²) >= 11 is 5.93. The topological polar surface area (TPSA) is 103 Å². The predicted molar refractivity (Wildman–Crippen MR) is 98.7 cm³/mol. The number of aryl methyl sites for hydroxylation is 2. The van der Waals surface area contributed by atoms with Gasteiger partial charge in [0.15, 0.2) is 5.65 Å². The number of alkyl halides is 3. The number of nitro groups is 1. The summed E-state index contributed by atoms with van der Waals surface area (Å²) < 4.78 is 41.2. The van der Waals surface area contributed by atoms with Crippen molar-refractivity contribution in [3.05, 3.63) is 56.4 Å². The van der Waals surface area contributed by atoms with Crippen LogP contribution in [0.3, 0.4) is 0 Å². The molecule has 3 aromatic rings. The Morgan fingerprint density at radius 2 is 2.00 bits per heavy atom. The molecule has 0 radical (unpaired) electrons. The van der Waals surface area contributed by atoms with E-state index in [1.165, 1.54) is 19.9 Å². The number of carbonyl (C=O) groups excluding carboxylic acids is 1. The highest BCUT2D eigenvalue weighted by molar-refractivity contribution is 6.33. The van der Waals surface area contributed by atoms with Gasteiger partial charge >= 0.3 is 6.18 Å². The molecule has 29 heavy (non-hydrogen) atoms. The number of benzene rings is 1. The minimum absolute atomic E-state index is 0.0534.